The highest BCUT2D eigenvalue weighted by molar-refractivity contribution is 8.00. The third-order valence-electron chi connectivity index (χ3n) is 1.89. The van der Waals surface area contributed by atoms with Crippen LogP contribution in [0.4, 0.5) is 0 Å². The average Bonchev–Trinajstić information content (AvgIpc) is 2.14. The van der Waals surface area contributed by atoms with E-state index in [1.807, 2.05) is 23.5 Å². The van der Waals surface area contributed by atoms with Gasteiger partial charge in [-0.3, -0.25) is 0 Å². The van der Waals surface area contributed by atoms with Crippen LogP contribution in [0.25, 0.3) is 0 Å². The molecule has 0 aliphatic heterocycles. The maximum Gasteiger partial charge on any atom is 0.100 e. The van der Waals surface area contributed by atoms with Crippen LogP contribution in [0.3, 0.4) is 0 Å². The minimum atomic E-state index is 1.09. The van der Waals surface area contributed by atoms with Gasteiger partial charge in [0.1, 0.15) is 5.03 Å². The second-order valence-electron chi connectivity index (χ2n) is 3.06. The molecule has 78 valence electrons. The molecular formula is C11H17NS2. The molecule has 0 aliphatic carbocycles. The summed E-state index contributed by atoms with van der Waals surface area (Å²) in [5.74, 6) is 2.22. The van der Waals surface area contributed by atoms with Crippen molar-refractivity contribution in [3.05, 3.63) is 17.3 Å². The van der Waals surface area contributed by atoms with E-state index >= 15 is 0 Å². The molecule has 0 unspecified atom stereocenters. The first-order chi connectivity index (χ1) is 6.69. The fraction of sp³-hybridized carbons (Fsp3) is 0.545. The summed E-state index contributed by atoms with van der Waals surface area (Å²) in [5, 5.41) is 1.20. The van der Waals surface area contributed by atoms with Crippen LogP contribution in [0.15, 0.2) is 16.0 Å². The maximum atomic E-state index is 4.55. The van der Waals surface area contributed by atoms with E-state index < -0.39 is 0 Å². The van der Waals surface area contributed by atoms with Crippen molar-refractivity contribution in [1.29, 1.82) is 0 Å². The van der Waals surface area contributed by atoms with Crippen molar-refractivity contribution in [2.24, 2.45) is 0 Å². The van der Waals surface area contributed by atoms with E-state index in [1.54, 1.807) is 0 Å². The van der Waals surface area contributed by atoms with Gasteiger partial charge in [-0.15, -0.1) is 23.5 Å². The van der Waals surface area contributed by atoms with Gasteiger partial charge in [0.05, 0.1) is 0 Å². The van der Waals surface area contributed by atoms with E-state index in [0.717, 1.165) is 17.2 Å². The molecular weight excluding hydrogens is 210 g/mol. The molecule has 0 saturated carbocycles. The van der Waals surface area contributed by atoms with Crippen molar-refractivity contribution in [1.82, 2.24) is 4.98 Å². The first-order valence-electron chi connectivity index (χ1n) is 4.92. The average molecular weight is 227 g/mol. The van der Waals surface area contributed by atoms with Gasteiger partial charge >= 0.3 is 0 Å². The Hall–Kier alpha value is -0.150. The molecule has 1 aromatic heterocycles. The number of aryl methyl sites for hydroxylation is 1. The summed E-state index contributed by atoms with van der Waals surface area (Å²) >= 11 is 3.73. The lowest BCUT2D eigenvalue weighted by atomic mass is 10.3. The number of nitrogens with zero attached hydrogens (tertiary/aromatic N) is 1. The number of hydrogen-bond donors (Lipinski definition) is 0. The van der Waals surface area contributed by atoms with Crippen LogP contribution in [0.1, 0.15) is 25.1 Å². The van der Waals surface area contributed by atoms with Crippen molar-refractivity contribution in [2.75, 3.05) is 11.5 Å². The van der Waals surface area contributed by atoms with Gasteiger partial charge in [0.2, 0.25) is 0 Å². The van der Waals surface area contributed by atoms with E-state index in [0.29, 0.717) is 0 Å². The molecule has 0 atom stereocenters. The molecule has 0 spiro atoms. The minimum absolute atomic E-state index is 1.09. The third-order valence-corrected chi connectivity index (χ3v) is 3.87. The van der Waals surface area contributed by atoms with E-state index in [1.165, 1.54) is 15.5 Å². The second-order valence-corrected chi connectivity index (χ2v) is 5.62. The standard InChI is InChI=1S/C11H17NS2/c1-5-13-10-7-8(3)12-11(9(10)4)14-6-2/h7H,5-6H2,1-4H3. The van der Waals surface area contributed by atoms with Gasteiger partial charge in [0.25, 0.3) is 0 Å². The lowest BCUT2D eigenvalue weighted by molar-refractivity contribution is 0.981. The van der Waals surface area contributed by atoms with Crippen LogP contribution in [0.2, 0.25) is 0 Å². The SMILES string of the molecule is CCSc1cc(C)nc(SCC)c1C. The molecule has 1 nitrogen and oxygen atoms in total. The highest BCUT2D eigenvalue weighted by atomic mass is 32.2. The fourth-order valence-electron chi connectivity index (χ4n) is 1.26. The number of rotatable bonds is 4. The van der Waals surface area contributed by atoms with Crippen molar-refractivity contribution in [2.45, 2.75) is 37.6 Å². The van der Waals surface area contributed by atoms with Gasteiger partial charge < -0.3 is 0 Å². The number of thioether (sulfide) groups is 2. The molecule has 1 aromatic rings. The summed E-state index contributed by atoms with van der Waals surface area (Å²) in [4.78, 5) is 5.94. The van der Waals surface area contributed by atoms with Gasteiger partial charge in [0.15, 0.2) is 0 Å². The molecule has 14 heavy (non-hydrogen) atoms. The quantitative estimate of drug-likeness (QED) is 0.724. The Bertz CT molecular complexity index is 283. The summed E-state index contributed by atoms with van der Waals surface area (Å²) in [6.07, 6.45) is 0. The summed E-state index contributed by atoms with van der Waals surface area (Å²) in [6.45, 7) is 8.59. The predicted octanol–water partition coefficient (Wildman–Crippen LogP) is 3.92. The highest BCUT2D eigenvalue weighted by Crippen LogP contribution is 2.29. The molecule has 0 amide bonds. The molecule has 0 aliphatic rings. The van der Waals surface area contributed by atoms with E-state index in [-0.39, 0.29) is 0 Å². The Morgan fingerprint density at radius 2 is 1.79 bits per heavy atom. The predicted molar refractivity (Wildman–Crippen MR) is 66.5 cm³/mol. The third kappa shape index (κ3) is 2.92. The minimum Gasteiger partial charge on any atom is -0.246 e. The number of pyridine rings is 1. The van der Waals surface area contributed by atoms with E-state index in [4.69, 9.17) is 0 Å². The largest absolute Gasteiger partial charge is 0.246 e. The monoisotopic (exact) mass is 227 g/mol. The van der Waals surface area contributed by atoms with Crippen molar-refractivity contribution in [3.8, 4) is 0 Å². The summed E-state index contributed by atoms with van der Waals surface area (Å²) < 4.78 is 0. The summed E-state index contributed by atoms with van der Waals surface area (Å²) in [7, 11) is 0. The molecule has 0 saturated heterocycles. The lowest BCUT2D eigenvalue weighted by Crippen LogP contribution is -1.93. The van der Waals surface area contributed by atoms with Crippen molar-refractivity contribution in [3.63, 3.8) is 0 Å². The molecule has 0 aromatic carbocycles. The van der Waals surface area contributed by atoms with Gasteiger partial charge in [-0.25, -0.2) is 4.98 Å². The van der Waals surface area contributed by atoms with Crippen molar-refractivity contribution >= 4 is 23.5 Å². The molecule has 1 rings (SSSR count). The van der Waals surface area contributed by atoms with Crippen LogP contribution >= 0.6 is 23.5 Å². The van der Waals surface area contributed by atoms with Gasteiger partial charge in [-0.1, -0.05) is 13.8 Å². The number of hydrogen-bond acceptors (Lipinski definition) is 3. The van der Waals surface area contributed by atoms with Crippen LogP contribution in [-0.4, -0.2) is 16.5 Å². The topological polar surface area (TPSA) is 12.9 Å². The van der Waals surface area contributed by atoms with Crippen LogP contribution < -0.4 is 0 Å². The Kier molecular flexibility index (Phi) is 4.82. The van der Waals surface area contributed by atoms with Crippen LogP contribution in [0.5, 0.6) is 0 Å². The summed E-state index contributed by atoms with van der Waals surface area (Å²) in [6, 6.07) is 2.18. The Morgan fingerprint density at radius 3 is 2.36 bits per heavy atom. The Balaban J connectivity index is 3.04. The zero-order valence-corrected chi connectivity index (χ0v) is 10.9. The first kappa shape index (κ1) is 11.9. The fourth-order valence-corrected chi connectivity index (χ4v) is 3.01. The van der Waals surface area contributed by atoms with Crippen LogP contribution in [0, 0.1) is 13.8 Å². The molecule has 3 heteroatoms. The highest BCUT2D eigenvalue weighted by Gasteiger charge is 2.06. The van der Waals surface area contributed by atoms with Crippen molar-refractivity contribution < 1.29 is 0 Å². The van der Waals surface area contributed by atoms with Gasteiger partial charge in [-0.05, 0) is 37.0 Å². The Labute approximate surface area is 95.1 Å². The normalized spacial score (nSPS) is 10.6. The zero-order chi connectivity index (χ0) is 10.6. The van der Waals surface area contributed by atoms with Gasteiger partial charge in [0, 0.05) is 10.6 Å². The van der Waals surface area contributed by atoms with E-state index in [9.17, 15) is 0 Å². The molecule has 0 radical (unpaired) electrons. The van der Waals surface area contributed by atoms with Crippen LogP contribution in [-0.2, 0) is 0 Å². The lowest BCUT2D eigenvalue weighted by Gasteiger charge is -2.09. The smallest absolute Gasteiger partial charge is 0.100 e. The Morgan fingerprint density at radius 1 is 1.14 bits per heavy atom. The molecule has 0 bridgehead atoms. The second kappa shape index (κ2) is 5.66. The number of aromatic nitrogens is 1. The van der Waals surface area contributed by atoms with E-state index in [2.05, 4.69) is 38.7 Å². The molecule has 1 heterocycles. The molecule has 0 fully saturated rings. The zero-order valence-electron chi connectivity index (χ0n) is 9.26. The van der Waals surface area contributed by atoms with Gasteiger partial charge in [-0.2, -0.15) is 0 Å². The molecule has 0 N–H and O–H groups in total. The summed E-state index contributed by atoms with van der Waals surface area (Å²) in [5.41, 5.74) is 2.47. The first-order valence-corrected chi connectivity index (χ1v) is 6.90. The maximum absolute atomic E-state index is 4.55.